The van der Waals surface area contributed by atoms with Crippen LogP contribution in [-0.4, -0.2) is 30.8 Å². The molecule has 0 spiro atoms. The van der Waals surface area contributed by atoms with Gasteiger partial charge in [-0.3, -0.25) is 4.79 Å². The molecule has 0 saturated carbocycles. The first-order chi connectivity index (χ1) is 10.3. The molecule has 1 unspecified atom stereocenters. The predicted molar refractivity (Wildman–Crippen MR) is 86.4 cm³/mol. The Bertz CT molecular complexity index is 606. The van der Waals surface area contributed by atoms with E-state index in [9.17, 15) is 4.79 Å². The van der Waals surface area contributed by atoms with Crippen molar-refractivity contribution in [3.8, 4) is 0 Å². The summed E-state index contributed by atoms with van der Waals surface area (Å²) in [4.78, 5) is 14.5. The molecule has 0 N–H and O–H groups in total. The second kappa shape index (κ2) is 5.98. The molecule has 3 nitrogen and oxygen atoms in total. The van der Waals surface area contributed by atoms with Crippen LogP contribution in [0.5, 0.6) is 0 Å². The molecule has 2 heterocycles. The summed E-state index contributed by atoms with van der Waals surface area (Å²) < 4.78 is 5.03. The molecule has 1 aromatic rings. The van der Waals surface area contributed by atoms with Gasteiger partial charge in [-0.15, -0.1) is 11.8 Å². The molecule has 0 fully saturated rings. The molecule has 0 saturated heterocycles. The van der Waals surface area contributed by atoms with Crippen LogP contribution in [0.1, 0.15) is 18.4 Å². The highest BCUT2D eigenvalue weighted by Gasteiger charge is 2.36. The van der Waals surface area contributed by atoms with Crippen molar-refractivity contribution in [2.45, 2.75) is 12.8 Å². The molecular weight excluding hydrogens is 282 g/mol. The summed E-state index contributed by atoms with van der Waals surface area (Å²) in [6, 6.07) is 10.2. The third kappa shape index (κ3) is 2.48. The van der Waals surface area contributed by atoms with Gasteiger partial charge in [-0.25, -0.2) is 0 Å². The Morgan fingerprint density at radius 3 is 2.76 bits per heavy atom. The predicted octanol–water partition coefficient (Wildman–Crippen LogP) is 3.50. The van der Waals surface area contributed by atoms with Crippen LogP contribution in [-0.2, 0) is 9.53 Å². The van der Waals surface area contributed by atoms with Gasteiger partial charge in [0.05, 0.1) is 18.1 Å². The van der Waals surface area contributed by atoms with E-state index in [2.05, 4.69) is 29.4 Å². The van der Waals surface area contributed by atoms with Gasteiger partial charge in [0.2, 0.25) is 0 Å². The minimum Gasteiger partial charge on any atom is -0.469 e. The quantitative estimate of drug-likeness (QED) is 0.799. The first-order valence-electron chi connectivity index (χ1n) is 7.14. The highest BCUT2D eigenvalue weighted by Crippen LogP contribution is 2.44. The number of carbonyl (C=O) groups is 1. The zero-order valence-electron chi connectivity index (χ0n) is 12.3. The second-order valence-corrected chi connectivity index (χ2v) is 6.02. The van der Waals surface area contributed by atoms with E-state index in [-0.39, 0.29) is 11.9 Å². The van der Waals surface area contributed by atoms with Gasteiger partial charge in [0.15, 0.2) is 0 Å². The van der Waals surface area contributed by atoms with E-state index in [0.29, 0.717) is 0 Å². The van der Waals surface area contributed by atoms with E-state index in [4.69, 9.17) is 4.74 Å². The topological polar surface area (TPSA) is 29.5 Å². The van der Waals surface area contributed by atoms with Crippen molar-refractivity contribution >= 4 is 23.3 Å². The number of ether oxygens (including phenoxy) is 1. The standard InChI is InChI=1S/C17H19NO2S/c1-20-17(19)13-10-11-18-14(8-9-15(18)21-2)16(13)12-6-4-3-5-7-12/h3-7,9,13H,8,10-11H2,1-2H3. The average molecular weight is 301 g/mol. The van der Waals surface area contributed by atoms with Gasteiger partial charge in [-0.2, -0.15) is 0 Å². The lowest BCUT2D eigenvalue weighted by Gasteiger charge is -2.34. The van der Waals surface area contributed by atoms with E-state index in [1.165, 1.54) is 17.8 Å². The van der Waals surface area contributed by atoms with Gasteiger partial charge in [0.25, 0.3) is 0 Å². The van der Waals surface area contributed by atoms with Crippen LogP contribution in [0.25, 0.3) is 5.57 Å². The minimum atomic E-state index is -0.154. The third-order valence-corrected chi connectivity index (χ3v) is 4.95. The lowest BCUT2D eigenvalue weighted by atomic mass is 9.85. The Morgan fingerprint density at radius 2 is 2.10 bits per heavy atom. The Morgan fingerprint density at radius 1 is 1.33 bits per heavy atom. The SMILES string of the molecule is COC(=O)C1CCN2C(SC)=CCC2=C1c1ccccc1. The Balaban J connectivity index is 2.08. The molecule has 0 radical (unpaired) electrons. The number of carbonyl (C=O) groups excluding carboxylic acids is 1. The van der Waals surface area contributed by atoms with Crippen molar-refractivity contribution in [2.24, 2.45) is 5.92 Å². The fourth-order valence-corrected chi connectivity index (χ4v) is 3.87. The molecule has 2 aliphatic rings. The van der Waals surface area contributed by atoms with Crippen LogP contribution >= 0.6 is 11.8 Å². The molecule has 0 aromatic heterocycles. The number of hydrogen-bond donors (Lipinski definition) is 0. The molecular formula is C17H19NO2S. The Labute approximate surface area is 129 Å². The molecule has 4 heteroatoms. The number of rotatable bonds is 3. The van der Waals surface area contributed by atoms with Crippen LogP contribution in [0.2, 0.25) is 0 Å². The monoisotopic (exact) mass is 301 g/mol. The molecule has 0 aliphatic carbocycles. The summed E-state index contributed by atoms with van der Waals surface area (Å²) in [5, 5.41) is 1.29. The van der Waals surface area contributed by atoms with Crippen LogP contribution in [0.4, 0.5) is 0 Å². The maximum Gasteiger partial charge on any atom is 0.313 e. The first kappa shape index (κ1) is 14.3. The Hall–Kier alpha value is -1.68. The number of fused-ring (bicyclic) bond motifs is 1. The lowest BCUT2D eigenvalue weighted by molar-refractivity contribution is -0.143. The fraction of sp³-hybridized carbons (Fsp3) is 0.353. The van der Waals surface area contributed by atoms with Crippen molar-refractivity contribution < 1.29 is 9.53 Å². The highest BCUT2D eigenvalue weighted by atomic mass is 32.2. The van der Waals surface area contributed by atoms with E-state index < -0.39 is 0 Å². The van der Waals surface area contributed by atoms with Crippen molar-refractivity contribution in [3.05, 3.63) is 52.7 Å². The minimum absolute atomic E-state index is 0.126. The van der Waals surface area contributed by atoms with Crippen molar-refractivity contribution in [1.29, 1.82) is 0 Å². The van der Waals surface area contributed by atoms with Crippen LogP contribution in [0, 0.1) is 5.92 Å². The van der Waals surface area contributed by atoms with E-state index in [1.807, 2.05) is 18.2 Å². The van der Waals surface area contributed by atoms with Gasteiger partial charge >= 0.3 is 5.97 Å². The number of esters is 1. The highest BCUT2D eigenvalue weighted by molar-refractivity contribution is 8.02. The van der Waals surface area contributed by atoms with Crippen molar-refractivity contribution in [1.82, 2.24) is 4.90 Å². The molecule has 110 valence electrons. The average Bonchev–Trinajstić information content (AvgIpc) is 2.97. The first-order valence-corrected chi connectivity index (χ1v) is 8.36. The maximum atomic E-state index is 12.2. The van der Waals surface area contributed by atoms with Gasteiger partial charge in [0, 0.05) is 18.7 Å². The summed E-state index contributed by atoms with van der Waals surface area (Å²) >= 11 is 1.77. The van der Waals surface area contributed by atoms with Crippen molar-refractivity contribution in [3.63, 3.8) is 0 Å². The molecule has 1 atom stereocenters. The maximum absolute atomic E-state index is 12.2. The van der Waals surface area contributed by atoms with Crippen molar-refractivity contribution in [2.75, 3.05) is 19.9 Å². The third-order valence-electron chi connectivity index (χ3n) is 4.14. The number of allylic oxidation sites excluding steroid dienone is 1. The summed E-state index contributed by atoms with van der Waals surface area (Å²) in [5.41, 5.74) is 3.52. The molecule has 3 rings (SSSR count). The second-order valence-electron chi connectivity index (χ2n) is 5.19. The van der Waals surface area contributed by atoms with E-state index in [1.54, 1.807) is 11.8 Å². The van der Waals surface area contributed by atoms with Gasteiger partial charge in [-0.1, -0.05) is 30.3 Å². The molecule has 0 amide bonds. The largest absolute Gasteiger partial charge is 0.469 e. The summed E-state index contributed by atoms with van der Waals surface area (Å²) in [7, 11) is 1.47. The molecule has 21 heavy (non-hydrogen) atoms. The molecule has 0 bridgehead atoms. The molecule has 2 aliphatic heterocycles. The summed E-state index contributed by atoms with van der Waals surface area (Å²) in [6.07, 6.45) is 6.05. The van der Waals surface area contributed by atoms with Gasteiger partial charge in [-0.05, 0) is 29.9 Å². The number of methoxy groups -OCH3 is 1. The summed E-state index contributed by atoms with van der Waals surface area (Å²) in [6.45, 7) is 0.887. The number of nitrogens with zero attached hydrogens (tertiary/aromatic N) is 1. The zero-order chi connectivity index (χ0) is 14.8. The Kier molecular flexibility index (Phi) is 4.06. The zero-order valence-corrected chi connectivity index (χ0v) is 13.2. The van der Waals surface area contributed by atoms with Gasteiger partial charge < -0.3 is 9.64 Å². The number of benzene rings is 1. The van der Waals surface area contributed by atoms with Crippen LogP contribution in [0.3, 0.4) is 0 Å². The van der Waals surface area contributed by atoms with Crippen LogP contribution in [0.15, 0.2) is 47.1 Å². The smallest absolute Gasteiger partial charge is 0.313 e. The fourth-order valence-electron chi connectivity index (χ4n) is 3.20. The summed E-state index contributed by atoms with van der Waals surface area (Å²) in [5.74, 6) is -0.281. The van der Waals surface area contributed by atoms with Gasteiger partial charge in [0.1, 0.15) is 0 Å². The lowest BCUT2D eigenvalue weighted by Crippen LogP contribution is -2.32. The van der Waals surface area contributed by atoms with E-state index in [0.717, 1.165) is 30.5 Å². The molecule has 1 aromatic carbocycles. The normalized spacial score (nSPS) is 21.1. The number of hydrogen-bond acceptors (Lipinski definition) is 4. The van der Waals surface area contributed by atoms with E-state index >= 15 is 0 Å². The van der Waals surface area contributed by atoms with Crippen LogP contribution < -0.4 is 0 Å². The number of thioether (sulfide) groups is 1.